The van der Waals surface area contributed by atoms with Gasteiger partial charge in [-0.25, -0.2) is 19.9 Å². The topological polar surface area (TPSA) is 105 Å². The van der Waals surface area contributed by atoms with E-state index in [4.69, 9.17) is 10.7 Å². The molecule has 3 heterocycles. The molecular formula is C19H19N7O. The summed E-state index contributed by atoms with van der Waals surface area (Å²) < 4.78 is 3.68. The second-order valence-corrected chi connectivity index (χ2v) is 7.16. The molecule has 8 heteroatoms. The summed E-state index contributed by atoms with van der Waals surface area (Å²) >= 11 is 0. The number of imidazole rings is 1. The van der Waals surface area contributed by atoms with Crippen LogP contribution in [0.1, 0.15) is 24.2 Å². The van der Waals surface area contributed by atoms with E-state index < -0.39 is 0 Å². The first-order valence-corrected chi connectivity index (χ1v) is 9.02. The van der Waals surface area contributed by atoms with Crippen molar-refractivity contribution < 1.29 is 0 Å². The zero-order chi connectivity index (χ0) is 18.5. The van der Waals surface area contributed by atoms with Crippen LogP contribution >= 0.6 is 0 Å². The van der Waals surface area contributed by atoms with Crippen LogP contribution in [0.5, 0.6) is 0 Å². The molecule has 1 aromatic carbocycles. The molecule has 1 aliphatic rings. The number of anilines is 1. The predicted octanol–water partition coefficient (Wildman–Crippen LogP) is 1.89. The highest BCUT2D eigenvalue weighted by atomic mass is 16.1. The van der Waals surface area contributed by atoms with Crippen LogP contribution in [0.2, 0.25) is 0 Å². The Kier molecular flexibility index (Phi) is 3.46. The van der Waals surface area contributed by atoms with Gasteiger partial charge in [0.2, 0.25) is 0 Å². The first-order chi connectivity index (χ1) is 13.1. The summed E-state index contributed by atoms with van der Waals surface area (Å²) in [5, 5.41) is 0.698. The van der Waals surface area contributed by atoms with Gasteiger partial charge < -0.3 is 10.3 Å². The molecule has 0 unspecified atom stereocenters. The molecule has 0 radical (unpaired) electrons. The summed E-state index contributed by atoms with van der Waals surface area (Å²) in [5.41, 5.74) is 8.79. The minimum Gasteiger partial charge on any atom is -0.382 e. The lowest BCUT2D eigenvalue weighted by Crippen LogP contribution is -2.28. The molecule has 0 amide bonds. The smallest absolute Gasteiger partial charge is 0.261 e. The zero-order valence-electron chi connectivity index (χ0n) is 15.0. The van der Waals surface area contributed by atoms with Crippen molar-refractivity contribution in [2.75, 3.05) is 5.73 Å². The fourth-order valence-electron chi connectivity index (χ4n) is 3.51. The number of hydrogen-bond acceptors (Lipinski definition) is 6. The number of aryl methyl sites for hydroxylation is 1. The van der Waals surface area contributed by atoms with Crippen molar-refractivity contribution in [3.63, 3.8) is 0 Å². The molecular weight excluding hydrogens is 342 g/mol. The van der Waals surface area contributed by atoms with E-state index >= 15 is 0 Å². The van der Waals surface area contributed by atoms with Gasteiger partial charge in [-0.15, -0.1) is 0 Å². The highest BCUT2D eigenvalue weighted by Crippen LogP contribution is 2.31. The van der Waals surface area contributed by atoms with Gasteiger partial charge in [0.05, 0.1) is 23.8 Å². The standard InChI is InChI=1S/C19H19N7O/c1-11-3-2-4-13-15(11)19(27)26(7-12-5-6-12)14(24-13)8-25-10-23-16-17(20)21-9-22-18(16)25/h2-4,9-10,12H,5-8H2,1H3,(H2,20,21,22). The molecule has 4 aromatic rings. The van der Waals surface area contributed by atoms with Crippen molar-refractivity contribution >= 4 is 27.9 Å². The highest BCUT2D eigenvalue weighted by Gasteiger charge is 2.25. The molecule has 0 aliphatic heterocycles. The van der Waals surface area contributed by atoms with Crippen molar-refractivity contribution in [2.45, 2.75) is 32.9 Å². The van der Waals surface area contributed by atoms with Crippen LogP contribution in [0.15, 0.2) is 35.6 Å². The van der Waals surface area contributed by atoms with E-state index in [0.29, 0.717) is 47.2 Å². The molecule has 1 aliphatic carbocycles. The maximum Gasteiger partial charge on any atom is 0.261 e. The Morgan fingerprint density at radius 1 is 1.22 bits per heavy atom. The lowest BCUT2D eigenvalue weighted by Gasteiger charge is -2.14. The van der Waals surface area contributed by atoms with E-state index in [0.717, 1.165) is 23.9 Å². The van der Waals surface area contributed by atoms with Crippen LogP contribution in [0.3, 0.4) is 0 Å². The van der Waals surface area contributed by atoms with Crippen molar-refractivity contribution in [1.29, 1.82) is 0 Å². The number of hydrogen-bond donors (Lipinski definition) is 1. The number of aromatic nitrogens is 6. The van der Waals surface area contributed by atoms with E-state index in [9.17, 15) is 4.79 Å². The lowest BCUT2D eigenvalue weighted by molar-refractivity contribution is 0.555. The van der Waals surface area contributed by atoms with Gasteiger partial charge in [0.1, 0.15) is 17.7 Å². The minimum absolute atomic E-state index is 0.0264. The molecule has 1 fully saturated rings. The van der Waals surface area contributed by atoms with Crippen LogP contribution in [0.4, 0.5) is 5.82 Å². The first kappa shape index (κ1) is 15.9. The number of nitrogen functional groups attached to an aromatic ring is 1. The molecule has 0 bridgehead atoms. The average molecular weight is 361 g/mol. The van der Waals surface area contributed by atoms with E-state index in [1.165, 1.54) is 6.33 Å². The van der Waals surface area contributed by atoms with Gasteiger partial charge in [0.25, 0.3) is 5.56 Å². The normalized spacial score (nSPS) is 14.3. The summed E-state index contributed by atoms with van der Waals surface area (Å²) in [5.74, 6) is 1.61. The summed E-state index contributed by atoms with van der Waals surface area (Å²) in [7, 11) is 0. The SMILES string of the molecule is Cc1cccc2nc(Cn3cnc4c(N)ncnc43)n(CC3CC3)c(=O)c12. The van der Waals surface area contributed by atoms with Crippen LogP contribution in [0, 0.1) is 12.8 Å². The monoisotopic (exact) mass is 361 g/mol. The van der Waals surface area contributed by atoms with E-state index in [-0.39, 0.29) is 5.56 Å². The van der Waals surface area contributed by atoms with Crippen molar-refractivity contribution in [3.8, 4) is 0 Å². The van der Waals surface area contributed by atoms with Gasteiger partial charge in [0.15, 0.2) is 11.5 Å². The molecule has 8 nitrogen and oxygen atoms in total. The Balaban J connectivity index is 1.69. The molecule has 0 spiro atoms. The molecule has 0 atom stereocenters. The first-order valence-electron chi connectivity index (χ1n) is 9.02. The maximum absolute atomic E-state index is 13.2. The lowest BCUT2D eigenvalue weighted by atomic mass is 10.1. The molecule has 2 N–H and O–H groups in total. The third-order valence-corrected chi connectivity index (χ3v) is 5.15. The maximum atomic E-state index is 13.2. The van der Waals surface area contributed by atoms with E-state index in [1.54, 1.807) is 6.33 Å². The molecule has 136 valence electrons. The fourth-order valence-corrected chi connectivity index (χ4v) is 3.51. The van der Waals surface area contributed by atoms with Gasteiger partial charge in [-0.1, -0.05) is 12.1 Å². The predicted molar refractivity (Wildman–Crippen MR) is 102 cm³/mol. The largest absolute Gasteiger partial charge is 0.382 e. The second-order valence-electron chi connectivity index (χ2n) is 7.16. The van der Waals surface area contributed by atoms with E-state index in [1.807, 2.05) is 34.3 Å². The van der Waals surface area contributed by atoms with Gasteiger partial charge in [-0.2, -0.15) is 0 Å². The average Bonchev–Trinajstić information content (AvgIpc) is 3.38. The second kappa shape index (κ2) is 5.87. The van der Waals surface area contributed by atoms with Crippen molar-refractivity contribution in [3.05, 3.63) is 52.6 Å². The summed E-state index contributed by atoms with van der Waals surface area (Å²) in [4.78, 5) is 30.6. The molecule has 27 heavy (non-hydrogen) atoms. The van der Waals surface area contributed by atoms with Gasteiger partial charge in [-0.05, 0) is 37.3 Å². The molecule has 1 saturated carbocycles. The van der Waals surface area contributed by atoms with Crippen LogP contribution in [-0.2, 0) is 13.1 Å². The number of nitrogens with zero attached hydrogens (tertiary/aromatic N) is 6. The van der Waals surface area contributed by atoms with Crippen molar-refractivity contribution in [1.82, 2.24) is 29.1 Å². The Bertz CT molecular complexity index is 1240. The Hall–Kier alpha value is -3.29. The third-order valence-electron chi connectivity index (χ3n) is 5.15. The quantitative estimate of drug-likeness (QED) is 0.595. The third kappa shape index (κ3) is 2.64. The van der Waals surface area contributed by atoms with Crippen LogP contribution in [0.25, 0.3) is 22.1 Å². The number of benzene rings is 1. The minimum atomic E-state index is 0.0264. The zero-order valence-corrected chi connectivity index (χ0v) is 15.0. The van der Waals surface area contributed by atoms with Crippen LogP contribution in [-0.4, -0.2) is 29.1 Å². The van der Waals surface area contributed by atoms with Crippen molar-refractivity contribution in [2.24, 2.45) is 5.92 Å². The number of nitrogens with two attached hydrogens (primary N) is 1. The van der Waals surface area contributed by atoms with Gasteiger partial charge in [-0.3, -0.25) is 9.36 Å². The van der Waals surface area contributed by atoms with E-state index in [2.05, 4.69) is 15.0 Å². The molecule has 3 aromatic heterocycles. The molecule has 5 rings (SSSR count). The summed E-state index contributed by atoms with van der Waals surface area (Å²) in [6.45, 7) is 3.06. The Labute approximate surface area is 154 Å². The Morgan fingerprint density at radius 2 is 2.07 bits per heavy atom. The Morgan fingerprint density at radius 3 is 2.89 bits per heavy atom. The van der Waals surface area contributed by atoms with Gasteiger partial charge >= 0.3 is 0 Å². The number of rotatable bonds is 4. The fraction of sp³-hybridized carbons (Fsp3) is 0.316. The van der Waals surface area contributed by atoms with Gasteiger partial charge in [0, 0.05) is 6.54 Å². The molecule has 0 saturated heterocycles. The van der Waals surface area contributed by atoms with Crippen LogP contribution < -0.4 is 11.3 Å². The summed E-state index contributed by atoms with van der Waals surface area (Å²) in [6.07, 6.45) is 5.42. The summed E-state index contributed by atoms with van der Waals surface area (Å²) in [6, 6.07) is 5.77. The highest BCUT2D eigenvalue weighted by molar-refractivity contribution is 5.82. The number of fused-ring (bicyclic) bond motifs is 2.